The first-order valence-electron chi connectivity index (χ1n) is 7.56. The van der Waals surface area contributed by atoms with E-state index in [4.69, 9.17) is 0 Å². The number of hydrogen-bond acceptors (Lipinski definition) is 4. The highest BCUT2D eigenvalue weighted by Gasteiger charge is 2.29. The van der Waals surface area contributed by atoms with Gasteiger partial charge in [0.05, 0.1) is 0 Å². The molecule has 23 heavy (non-hydrogen) atoms. The van der Waals surface area contributed by atoms with Gasteiger partial charge in [0.15, 0.2) is 0 Å². The molecule has 0 unspecified atom stereocenters. The monoisotopic (exact) mass is 357 g/mol. The maximum absolute atomic E-state index is 12.0. The van der Waals surface area contributed by atoms with E-state index >= 15 is 0 Å². The first kappa shape index (κ1) is 18.1. The maximum Gasteiger partial charge on any atom is 0.281 e. The van der Waals surface area contributed by atoms with Crippen LogP contribution in [0.15, 0.2) is 23.6 Å². The predicted octanol–water partition coefficient (Wildman–Crippen LogP) is 1.40. The van der Waals surface area contributed by atoms with Crippen molar-refractivity contribution in [1.82, 2.24) is 13.9 Å². The zero-order valence-corrected chi connectivity index (χ0v) is 15.1. The molecule has 2 heterocycles. The fourth-order valence-electron chi connectivity index (χ4n) is 2.42. The normalized spacial score (nSPS) is 17.9. The summed E-state index contributed by atoms with van der Waals surface area (Å²) < 4.78 is 26.8. The van der Waals surface area contributed by atoms with Gasteiger partial charge in [-0.25, -0.2) is 0 Å². The summed E-state index contributed by atoms with van der Waals surface area (Å²) in [5.41, 5.74) is 0. The third kappa shape index (κ3) is 5.13. The molecular formula is C15H23N3O3S2. The Bertz CT molecular complexity index is 631. The second-order valence-electron chi connectivity index (χ2n) is 5.73. The number of thiophene rings is 1. The molecule has 6 nitrogen and oxygen atoms in total. The summed E-state index contributed by atoms with van der Waals surface area (Å²) >= 11 is 1.58. The van der Waals surface area contributed by atoms with Gasteiger partial charge in [-0.3, -0.25) is 4.79 Å². The van der Waals surface area contributed by atoms with E-state index in [1.807, 2.05) is 17.5 Å². The number of carbonyl (C=O) groups is 1. The molecular weight excluding hydrogens is 334 g/mol. The largest absolute Gasteiger partial charge is 0.352 e. The lowest BCUT2D eigenvalue weighted by Gasteiger charge is -2.32. The molecule has 1 saturated heterocycles. The molecule has 0 aromatic carbocycles. The summed E-state index contributed by atoms with van der Waals surface area (Å²) in [4.78, 5) is 12.8. The van der Waals surface area contributed by atoms with Gasteiger partial charge in [-0.1, -0.05) is 6.07 Å². The van der Waals surface area contributed by atoms with Crippen LogP contribution in [0, 0.1) is 5.92 Å². The second-order valence-corrected chi connectivity index (χ2v) is 8.85. The highest BCUT2D eigenvalue weighted by Crippen LogP contribution is 2.19. The Hall–Kier alpha value is -1.22. The lowest BCUT2D eigenvalue weighted by molar-refractivity contribution is -0.116. The molecule has 1 aliphatic rings. The summed E-state index contributed by atoms with van der Waals surface area (Å²) in [5.74, 6) is 0.212. The number of carbonyl (C=O) groups excluding carboxylic acids is 1. The lowest BCUT2D eigenvalue weighted by Crippen LogP contribution is -2.45. The standard InChI is InChI=1S/C15H23N3O3S2/c1-17(2)23(20,21)18-9-7-13(8-10-18)12-16-15(19)6-5-14-4-3-11-22-14/h3-6,11,13H,7-10,12H2,1-2H3,(H,16,19)/b6-5+. The van der Waals surface area contributed by atoms with Crippen LogP contribution in [0.1, 0.15) is 17.7 Å². The first-order valence-corrected chi connectivity index (χ1v) is 9.84. The average molecular weight is 358 g/mol. The number of nitrogens with one attached hydrogen (secondary N) is 1. The Balaban J connectivity index is 1.73. The molecule has 0 radical (unpaired) electrons. The predicted molar refractivity (Wildman–Crippen MR) is 93.3 cm³/mol. The summed E-state index contributed by atoms with van der Waals surface area (Å²) in [7, 11) is -0.233. The number of nitrogens with zero attached hydrogens (tertiary/aromatic N) is 2. The molecule has 0 aliphatic carbocycles. The molecule has 2 rings (SSSR count). The minimum absolute atomic E-state index is 0.109. The molecule has 1 aliphatic heterocycles. The van der Waals surface area contributed by atoms with E-state index in [9.17, 15) is 13.2 Å². The zero-order valence-electron chi connectivity index (χ0n) is 13.4. The molecule has 0 saturated carbocycles. The van der Waals surface area contributed by atoms with Crippen molar-refractivity contribution in [2.45, 2.75) is 12.8 Å². The number of hydrogen-bond donors (Lipinski definition) is 1. The van der Waals surface area contributed by atoms with Crippen LogP contribution < -0.4 is 5.32 Å². The van der Waals surface area contributed by atoms with Gasteiger partial charge in [0.25, 0.3) is 10.2 Å². The fraction of sp³-hybridized carbons (Fsp3) is 0.533. The van der Waals surface area contributed by atoms with Crippen LogP contribution in [0.3, 0.4) is 0 Å². The van der Waals surface area contributed by atoms with Crippen molar-refractivity contribution in [3.05, 3.63) is 28.5 Å². The number of rotatable bonds is 6. The maximum atomic E-state index is 12.0. The Kier molecular flexibility index (Phi) is 6.34. The smallest absolute Gasteiger partial charge is 0.281 e. The van der Waals surface area contributed by atoms with Crippen LogP contribution in [-0.2, 0) is 15.0 Å². The van der Waals surface area contributed by atoms with Gasteiger partial charge in [-0.2, -0.15) is 17.0 Å². The molecule has 0 bridgehead atoms. The third-order valence-electron chi connectivity index (χ3n) is 3.87. The number of amides is 1. The van der Waals surface area contributed by atoms with Crippen LogP contribution in [-0.4, -0.2) is 56.7 Å². The van der Waals surface area contributed by atoms with E-state index in [1.54, 1.807) is 31.5 Å². The van der Waals surface area contributed by atoms with Crippen molar-refractivity contribution in [2.75, 3.05) is 33.7 Å². The van der Waals surface area contributed by atoms with Gasteiger partial charge < -0.3 is 5.32 Å². The molecule has 1 N–H and O–H groups in total. The molecule has 1 amide bonds. The molecule has 1 aromatic heterocycles. The highest BCUT2D eigenvalue weighted by atomic mass is 32.2. The fourth-order valence-corrected chi connectivity index (χ4v) is 4.17. The van der Waals surface area contributed by atoms with Crippen molar-refractivity contribution in [2.24, 2.45) is 5.92 Å². The van der Waals surface area contributed by atoms with E-state index < -0.39 is 10.2 Å². The zero-order chi connectivity index (χ0) is 16.9. The van der Waals surface area contributed by atoms with E-state index in [1.165, 1.54) is 14.7 Å². The molecule has 1 fully saturated rings. The van der Waals surface area contributed by atoms with E-state index in [2.05, 4.69) is 5.32 Å². The minimum atomic E-state index is -3.32. The molecule has 1 aromatic rings. The van der Waals surface area contributed by atoms with E-state index in [0.29, 0.717) is 25.6 Å². The second kappa shape index (κ2) is 8.05. The Labute approximate surface area is 142 Å². The summed E-state index contributed by atoms with van der Waals surface area (Å²) in [5, 5.41) is 4.86. The quantitative estimate of drug-likeness (QED) is 0.783. The SMILES string of the molecule is CN(C)S(=O)(=O)N1CCC(CNC(=O)/C=C/c2cccs2)CC1. The van der Waals surface area contributed by atoms with Gasteiger partial charge in [0, 0.05) is 44.7 Å². The van der Waals surface area contributed by atoms with Gasteiger partial charge in [-0.05, 0) is 36.3 Å². The summed E-state index contributed by atoms with van der Waals surface area (Å²) in [6.07, 6.45) is 4.87. The van der Waals surface area contributed by atoms with Crippen LogP contribution in [0.2, 0.25) is 0 Å². The van der Waals surface area contributed by atoms with Gasteiger partial charge in [-0.15, -0.1) is 11.3 Å². The van der Waals surface area contributed by atoms with Crippen molar-refractivity contribution >= 4 is 33.5 Å². The Morgan fingerprint density at radius 2 is 2.13 bits per heavy atom. The molecule has 0 atom stereocenters. The van der Waals surface area contributed by atoms with Crippen LogP contribution >= 0.6 is 11.3 Å². The molecule has 0 spiro atoms. The minimum Gasteiger partial charge on any atom is -0.352 e. The third-order valence-corrected chi connectivity index (χ3v) is 6.65. The molecule has 8 heteroatoms. The van der Waals surface area contributed by atoms with Crippen molar-refractivity contribution in [1.29, 1.82) is 0 Å². The van der Waals surface area contributed by atoms with Crippen molar-refractivity contribution < 1.29 is 13.2 Å². The summed E-state index contributed by atoms with van der Waals surface area (Å²) in [6, 6.07) is 3.90. The van der Waals surface area contributed by atoms with Crippen LogP contribution in [0.5, 0.6) is 0 Å². The first-order chi connectivity index (χ1) is 10.9. The van der Waals surface area contributed by atoms with E-state index in [-0.39, 0.29) is 5.91 Å². The van der Waals surface area contributed by atoms with Crippen LogP contribution in [0.4, 0.5) is 0 Å². The summed E-state index contributed by atoms with van der Waals surface area (Å²) in [6.45, 7) is 1.60. The number of piperidine rings is 1. The molecule has 128 valence electrons. The van der Waals surface area contributed by atoms with Gasteiger partial charge in [0.2, 0.25) is 5.91 Å². The van der Waals surface area contributed by atoms with Crippen molar-refractivity contribution in [3.8, 4) is 0 Å². The highest BCUT2D eigenvalue weighted by molar-refractivity contribution is 7.86. The lowest BCUT2D eigenvalue weighted by atomic mass is 9.98. The van der Waals surface area contributed by atoms with Gasteiger partial charge >= 0.3 is 0 Å². The van der Waals surface area contributed by atoms with E-state index in [0.717, 1.165) is 17.7 Å². The topological polar surface area (TPSA) is 69.7 Å². The van der Waals surface area contributed by atoms with Crippen molar-refractivity contribution in [3.63, 3.8) is 0 Å². The average Bonchev–Trinajstić information content (AvgIpc) is 3.04. The van der Waals surface area contributed by atoms with Gasteiger partial charge in [0.1, 0.15) is 0 Å². The Morgan fingerprint density at radius 1 is 1.43 bits per heavy atom. The van der Waals surface area contributed by atoms with Crippen LogP contribution in [0.25, 0.3) is 6.08 Å². The Morgan fingerprint density at radius 3 is 2.70 bits per heavy atom.